The van der Waals surface area contributed by atoms with E-state index in [4.69, 9.17) is 9.40 Å². The van der Waals surface area contributed by atoms with E-state index in [1.165, 1.54) is 0 Å². The van der Waals surface area contributed by atoms with Gasteiger partial charge in [-0.3, -0.25) is 4.79 Å². The molecule has 0 atom stereocenters. The van der Waals surface area contributed by atoms with E-state index in [9.17, 15) is 10.1 Å². The Balaban J connectivity index is 1.24. The minimum Gasteiger partial charge on any atom is -0.456 e. The topological polar surface area (TPSA) is 66.9 Å². The van der Waals surface area contributed by atoms with Crippen LogP contribution in [0.1, 0.15) is 5.56 Å². The van der Waals surface area contributed by atoms with Crippen LogP contribution in [0, 0.1) is 11.3 Å². The van der Waals surface area contributed by atoms with E-state index in [2.05, 4.69) is 30.3 Å². The Bertz CT molecular complexity index is 2550. The average molecular weight is 603 g/mol. The maximum atomic E-state index is 13.3. The van der Waals surface area contributed by atoms with Gasteiger partial charge in [0.2, 0.25) is 5.43 Å². The largest absolute Gasteiger partial charge is 0.456 e. The van der Waals surface area contributed by atoms with Gasteiger partial charge in [-0.05, 0) is 70.3 Å². The van der Waals surface area contributed by atoms with E-state index in [0.29, 0.717) is 33.2 Å². The van der Waals surface area contributed by atoms with Gasteiger partial charge >= 0.3 is 0 Å². The van der Waals surface area contributed by atoms with Gasteiger partial charge in [-0.15, -0.1) is 0 Å². The lowest BCUT2D eigenvalue weighted by molar-refractivity contribution is 0.660. The van der Waals surface area contributed by atoms with Crippen LogP contribution < -0.4 is 5.43 Å². The average Bonchev–Trinajstić information content (AvgIpc) is 3.15. The first-order valence-corrected chi connectivity index (χ1v) is 15.4. The Labute approximate surface area is 271 Å². The van der Waals surface area contributed by atoms with Gasteiger partial charge < -0.3 is 4.42 Å². The molecule has 0 amide bonds. The summed E-state index contributed by atoms with van der Waals surface area (Å²) in [6, 6.07) is 54.0. The highest BCUT2D eigenvalue weighted by molar-refractivity contribution is 5.92. The van der Waals surface area contributed by atoms with Crippen LogP contribution in [-0.4, -0.2) is 4.98 Å². The van der Waals surface area contributed by atoms with E-state index in [-0.39, 0.29) is 5.43 Å². The number of aromatic nitrogens is 1. The van der Waals surface area contributed by atoms with Crippen LogP contribution >= 0.6 is 0 Å². The number of pyridine rings is 1. The molecule has 0 unspecified atom stereocenters. The third-order valence-electron chi connectivity index (χ3n) is 8.53. The lowest BCUT2D eigenvalue weighted by Crippen LogP contribution is -2.01. The van der Waals surface area contributed by atoms with E-state index in [1.54, 1.807) is 6.07 Å². The lowest BCUT2D eigenvalue weighted by atomic mass is 9.92. The molecule has 0 bridgehead atoms. The van der Waals surface area contributed by atoms with Crippen LogP contribution in [0.25, 0.3) is 77.8 Å². The second-order valence-electron chi connectivity index (χ2n) is 11.4. The Morgan fingerprint density at radius 2 is 1.04 bits per heavy atom. The molecule has 220 valence electrons. The molecular weight excluding hydrogens is 576 g/mol. The Morgan fingerprint density at radius 3 is 1.74 bits per heavy atom. The normalized spacial score (nSPS) is 11.0. The van der Waals surface area contributed by atoms with Crippen molar-refractivity contribution in [2.45, 2.75) is 0 Å². The molecule has 0 aliphatic carbocycles. The van der Waals surface area contributed by atoms with Gasteiger partial charge in [0.25, 0.3) is 0 Å². The van der Waals surface area contributed by atoms with Crippen molar-refractivity contribution in [2.24, 2.45) is 0 Å². The first-order valence-electron chi connectivity index (χ1n) is 15.4. The minimum atomic E-state index is -0.0408. The summed E-state index contributed by atoms with van der Waals surface area (Å²) in [4.78, 5) is 18.4. The van der Waals surface area contributed by atoms with Crippen LogP contribution in [0.2, 0.25) is 0 Å². The Kier molecular flexibility index (Phi) is 6.98. The standard InChI is InChI=1S/C43H26N2O2/c44-27-38-36(28-11-3-1-4-12-28)26-39(29-13-5-2-6-14-29)45-42(38)34-18-10-17-32(24-34)30-15-9-16-31(23-30)33-21-22-41-37(25-33)43(46)35-19-7-8-20-40(35)47-41/h1-26H. The summed E-state index contributed by atoms with van der Waals surface area (Å²) >= 11 is 0. The van der Waals surface area contributed by atoms with Crippen molar-refractivity contribution in [3.8, 4) is 62.0 Å². The summed E-state index contributed by atoms with van der Waals surface area (Å²) in [6.07, 6.45) is 0. The molecular formula is C43H26N2O2. The zero-order valence-corrected chi connectivity index (χ0v) is 25.2. The Hall–Kier alpha value is -6.57. The number of nitriles is 1. The van der Waals surface area contributed by atoms with Gasteiger partial charge in [0.15, 0.2) is 0 Å². The molecule has 0 saturated heterocycles. The molecule has 2 heterocycles. The highest BCUT2D eigenvalue weighted by Crippen LogP contribution is 2.36. The molecule has 0 N–H and O–H groups in total. The summed E-state index contributed by atoms with van der Waals surface area (Å²) in [7, 11) is 0. The molecule has 47 heavy (non-hydrogen) atoms. The van der Waals surface area contributed by atoms with E-state index in [1.807, 2.05) is 127 Å². The predicted molar refractivity (Wildman–Crippen MR) is 190 cm³/mol. The third kappa shape index (κ3) is 5.16. The SMILES string of the molecule is N#Cc1c(-c2ccccc2)cc(-c2ccccc2)nc1-c1cccc(-c2cccc(-c3ccc4oc5ccccc5c(=O)c4c3)c2)c1. The van der Waals surface area contributed by atoms with Crippen molar-refractivity contribution < 1.29 is 4.42 Å². The monoisotopic (exact) mass is 602 g/mol. The maximum Gasteiger partial charge on any atom is 0.200 e. The molecule has 4 heteroatoms. The van der Waals surface area contributed by atoms with Gasteiger partial charge in [0, 0.05) is 16.7 Å². The number of benzene rings is 6. The number of fused-ring (bicyclic) bond motifs is 2. The van der Waals surface area contributed by atoms with Crippen molar-refractivity contribution in [1.82, 2.24) is 4.98 Å². The van der Waals surface area contributed by atoms with Gasteiger partial charge in [-0.1, -0.05) is 115 Å². The van der Waals surface area contributed by atoms with Gasteiger partial charge in [0.05, 0.1) is 27.7 Å². The zero-order valence-electron chi connectivity index (χ0n) is 25.2. The second kappa shape index (κ2) is 11.7. The van der Waals surface area contributed by atoms with Crippen molar-refractivity contribution >= 4 is 21.9 Å². The zero-order chi connectivity index (χ0) is 31.7. The number of rotatable bonds is 5. The van der Waals surface area contributed by atoms with Crippen LogP contribution in [-0.2, 0) is 0 Å². The van der Waals surface area contributed by atoms with Crippen molar-refractivity contribution in [2.75, 3.05) is 0 Å². The van der Waals surface area contributed by atoms with Crippen LogP contribution in [0.5, 0.6) is 0 Å². The smallest absolute Gasteiger partial charge is 0.200 e. The quantitative estimate of drug-likeness (QED) is 0.184. The summed E-state index contributed by atoms with van der Waals surface area (Å²) in [5.41, 5.74) is 10.6. The highest BCUT2D eigenvalue weighted by atomic mass is 16.3. The first-order chi connectivity index (χ1) is 23.2. The fourth-order valence-corrected chi connectivity index (χ4v) is 6.18. The molecule has 0 radical (unpaired) electrons. The van der Waals surface area contributed by atoms with Crippen LogP contribution in [0.4, 0.5) is 0 Å². The van der Waals surface area contributed by atoms with Crippen molar-refractivity contribution in [3.63, 3.8) is 0 Å². The molecule has 4 nitrogen and oxygen atoms in total. The second-order valence-corrected chi connectivity index (χ2v) is 11.4. The highest BCUT2D eigenvalue weighted by Gasteiger charge is 2.17. The third-order valence-corrected chi connectivity index (χ3v) is 8.53. The van der Waals surface area contributed by atoms with Crippen LogP contribution in [0.15, 0.2) is 167 Å². The summed E-state index contributed by atoms with van der Waals surface area (Å²) in [5, 5.41) is 11.6. The summed E-state index contributed by atoms with van der Waals surface area (Å²) in [6.45, 7) is 0. The van der Waals surface area contributed by atoms with E-state index >= 15 is 0 Å². The van der Waals surface area contributed by atoms with Gasteiger partial charge in [-0.25, -0.2) is 4.98 Å². The molecule has 0 aliphatic heterocycles. The molecule has 8 aromatic rings. The summed E-state index contributed by atoms with van der Waals surface area (Å²) < 4.78 is 6.03. The maximum absolute atomic E-state index is 13.3. The fraction of sp³-hybridized carbons (Fsp3) is 0. The summed E-state index contributed by atoms with van der Waals surface area (Å²) in [5.74, 6) is 0. The minimum absolute atomic E-state index is 0.0408. The lowest BCUT2D eigenvalue weighted by Gasteiger charge is -2.14. The molecule has 2 aromatic heterocycles. The number of para-hydroxylation sites is 1. The molecule has 0 fully saturated rings. The first kappa shape index (κ1) is 27.9. The number of hydrogen-bond acceptors (Lipinski definition) is 4. The van der Waals surface area contributed by atoms with Gasteiger partial charge in [0.1, 0.15) is 17.2 Å². The fourth-order valence-electron chi connectivity index (χ4n) is 6.18. The molecule has 0 saturated carbocycles. The van der Waals surface area contributed by atoms with Crippen LogP contribution in [0.3, 0.4) is 0 Å². The van der Waals surface area contributed by atoms with E-state index in [0.717, 1.165) is 50.2 Å². The molecule has 8 rings (SSSR count). The molecule has 0 spiro atoms. The predicted octanol–water partition coefficient (Wildman–Crippen LogP) is 10.5. The molecule has 0 aliphatic rings. The number of nitrogens with zero attached hydrogens (tertiary/aromatic N) is 2. The van der Waals surface area contributed by atoms with Crippen molar-refractivity contribution in [3.05, 3.63) is 174 Å². The van der Waals surface area contributed by atoms with Gasteiger partial charge in [-0.2, -0.15) is 5.26 Å². The Morgan fingerprint density at radius 1 is 0.489 bits per heavy atom. The van der Waals surface area contributed by atoms with Crippen molar-refractivity contribution in [1.29, 1.82) is 5.26 Å². The van der Waals surface area contributed by atoms with E-state index < -0.39 is 0 Å². The molecule has 6 aromatic carbocycles. The number of hydrogen-bond donors (Lipinski definition) is 0.